The topological polar surface area (TPSA) is 99.3 Å². The van der Waals surface area contributed by atoms with E-state index >= 15 is 0 Å². The van der Waals surface area contributed by atoms with Gasteiger partial charge in [-0.25, -0.2) is 4.79 Å². The van der Waals surface area contributed by atoms with Crippen molar-refractivity contribution in [2.45, 2.75) is 12.1 Å². The Kier molecular flexibility index (Phi) is 2.41. The molecule has 1 atom stereocenters. The molecule has 1 aromatic heterocycles. The van der Waals surface area contributed by atoms with E-state index in [9.17, 15) is 9.90 Å². The fourth-order valence-electron chi connectivity index (χ4n) is 1.64. The zero-order valence-corrected chi connectivity index (χ0v) is 8.47. The standard InChI is InChI=1S/C11H12N2O3/c12-11(16,10(14)15)5-7-6-13-9-4-2-1-3-8(7)9/h1-4,6,13,16H,5,12H2,(H,14,15)/t11-/m1/s1. The van der Waals surface area contributed by atoms with E-state index in [-0.39, 0.29) is 6.42 Å². The lowest BCUT2D eigenvalue weighted by molar-refractivity contribution is -0.157. The van der Waals surface area contributed by atoms with Crippen LogP contribution in [-0.2, 0) is 11.2 Å². The lowest BCUT2D eigenvalue weighted by atomic mass is 10.0. The second-order valence-electron chi connectivity index (χ2n) is 3.77. The van der Waals surface area contributed by atoms with Gasteiger partial charge >= 0.3 is 5.97 Å². The number of aromatic nitrogens is 1. The third kappa shape index (κ3) is 1.78. The van der Waals surface area contributed by atoms with E-state index in [2.05, 4.69) is 4.98 Å². The van der Waals surface area contributed by atoms with E-state index < -0.39 is 11.7 Å². The largest absolute Gasteiger partial charge is 0.478 e. The maximum atomic E-state index is 10.7. The predicted octanol–water partition coefficient (Wildman–Crippen LogP) is 0.442. The second kappa shape index (κ2) is 3.62. The first-order chi connectivity index (χ1) is 7.50. The van der Waals surface area contributed by atoms with Crippen LogP contribution in [0.4, 0.5) is 0 Å². The van der Waals surface area contributed by atoms with Crippen molar-refractivity contribution in [3.63, 3.8) is 0 Å². The number of H-pyrrole nitrogens is 1. The molecule has 0 aliphatic carbocycles. The number of fused-ring (bicyclic) bond motifs is 1. The van der Waals surface area contributed by atoms with Crippen LogP contribution in [0.5, 0.6) is 0 Å². The molecular formula is C11H12N2O3. The molecule has 0 amide bonds. The number of para-hydroxylation sites is 1. The summed E-state index contributed by atoms with van der Waals surface area (Å²) in [5.74, 6) is -1.43. The smallest absolute Gasteiger partial charge is 0.351 e. The quantitative estimate of drug-likeness (QED) is 0.564. The number of aliphatic hydroxyl groups is 1. The first-order valence-electron chi connectivity index (χ1n) is 4.80. The number of aromatic amines is 1. The zero-order valence-electron chi connectivity index (χ0n) is 8.47. The fraction of sp³-hybridized carbons (Fsp3) is 0.182. The number of benzene rings is 1. The summed E-state index contributed by atoms with van der Waals surface area (Å²) in [6.07, 6.45) is 1.53. The van der Waals surface area contributed by atoms with Crippen molar-refractivity contribution in [1.82, 2.24) is 4.98 Å². The Morgan fingerprint density at radius 3 is 2.81 bits per heavy atom. The molecule has 5 N–H and O–H groups in total. The molecule has 1 heterocycles. The lowest BCUT2D eigenvalue weighted by Crippen LogP contribution is -2.49. The van der Waals surface area contributed by atoms with Gasteiger partial charge in [0.15, 0.2) is 0 Å². The average Bonchev–Trinajstić information content (AvgIpc) is 2.61. The van der Waals surface area contributed by atoms with E-state index in [0.29, 0.717) is 5.56 Å². The Labute approximate surface area is 91.5 Å². The van der Waals surface area contributed by atoms with Crippen LogP contribution in [0.3, 0.4) is 0 Å². The van der Waals surface area contributed by atoms with E-state index in [0.717, 1.165) is 10.9 Å². The molecule has 84 valence electrons. The molecule has 0 saturated carbocycles. The van der Waals surface area contributed by atoms with Crippen LogP contribution in [0.2, 0.25) is 0 Å². The van der Waals surface area contributed by atoms with E-state index in [1.807, 2.05) is 24.3 Å². The van der Waals surface area contributed by atoms with E-state index in [4.69, 9.17) is 10.8 Å². The van der Waals surface area contributed by atoms with Crippen LogP contribution in [0.15, 0.2) is 30.5 Å². The number of nitrogens with two attached hydrogens (primary N) is 1. The number of hydrogen-bond donors (Lipinski definition) is 4. The summed E-state index contributed by atoms with van der Waals surface area (Å²) in [4.78, 5) is 13.7. The fourth-order valence-corrected chi connectivity index (χ4v) is 1.64. The first kappa shape index (κ1) is 10.7. The van der Waals surface area contributed by atoms with Crippen LogP contribution in [-0.4, -0.2) is 26.9 Å². The molecular weight excluding hydrogens is 208 g/mol. The molecule has 0 aliphatic rings. The third-order valence-corrected chi connectivity index (χ3v) is 2.51. The van der Waals surface area contributed by atoms with Gasteiger partial charge in [0.05, 0.1) is 0 Å². The summed E-state index contributed by atoms with van der Waals surface area (Å²) >= 11 is 0. The maximum absolute atomic E-state index is 10.7. The van der Waals surface area contributed by atoms with Gasteiger partial charge in [-0.1, -0.05) is 18.2 Å². The predicted molar refractivity (Wildman–Crippen MR) is 58.8 cm³/mol. The number of hydrogen-bond acceptors (Lipinski definition) is 3. The third-order valence-electron chi connectivity index (χ3n) is 2.51. The minimum atomic E-state index is -2.23. The molecule has 0 bridgehead atoms. The monoisotopic (exact) mass is 220 g/mol. The summed E-state index contributed by atoms with van der Waals surface area (Å²) in [5.41, 5.74) is 4.62. The first-order valence-corrected chi connectivity index (χ1v) is 4.80. The molecule has 0 saturated heterocycles. The van der Waals surface area contributed by atoms with Gasteiger partial charge in [-0.2, -0.15) is 0 Å². The van der Waals surface area contributed by atoms with Crippen molar-refractivity contribution in [2.75, 3.05) is 0 Å². The van der Waals surface area contributed by atoms with Gasteiger partial charge in [0.1, 0.15) is 0 Å². The molecule has 5 nitrogen and oxygen atoms in total. The van der Waals surface area contributed by atoms with Crippen LogP contribution in [0, 0.1) is 0 Å². The van der Waals surface area contributed by atoms with Crippen molar-refractivity contribution in [3.05, 3.63) is 36.0 Å². The Morgan fingerprint density at radius 1 is 1.44 bits per heavy atom. The highest BCUT2D eigenvalue weighted by molar-refractivity contribution is 5.84. The summed E-state index contributed by atoms with van der Waals surface area (Å²) in [5, 5.41) is 19.1. The SMILES string of the molecule is N[C@@](O)(Cc1c[nH]c2ccccc12)C(=O)O. The highest BCUT2D eigenvalue weighted by atomic mass is 16.4. The average molecular weight is 220 g/mol. The molecule has 16 heavy (non-hydrogen) atoms. The normalized spacial score (nSPS) is 14.9. The molecule has 0 fully saturated rings. The maximum Gasteiger partial charge on any atom is 0.351 e. The zero-order chi connectivity index (χ0) is 11.8. The molecule has 0 aliphatic heterocycles. The van der Waals surface area contributed by atoms with Gasteiger partial charge in [0.25, 0.3) is 0 Å². The number of carboxylic acids is 1. The molecule has 0 spiro atoms. The molecule has 0 radical (unpaired) electrons. The van der Waals surface area contributed by atoms with Gasteiger partial charge in [0, 0.05) is 23.5 Å². The number of carboxylic acid groups (broad SMARTS) is 1. The summed E-state index contributed by atoms with van der Waals surface area (Å²) < 4.78 is 0. The van der Waals surface area contributed by atoms with Crippen LogP contribution in [0.25, 0.3) is 10.9 Å². The Hall–Kier alpha value is -1.85. The molecule has 1 aromatic carbocycles. The van der Waals surface area contributed by atoms with Crippen molar-refractivity contribution in [3.8, 4) is 0 Å². The molecule has 5 heteroatoms. The number of aliphatic carboxylic acids is 1. The van der Waals surface area contributed by atoms with Crippen molar-refractivity contribution in [2.24, 2.45) is 5.73 Å². The lowest BCUT2D eigenvalue weighted by Gasteiger charge is -2.16. The Bertz CT molecular complexity index is 531. The van der Waals surface area contributed by atoms with Gasteiger partial charge < -0.3 is 15.2 Å². The van der Waals surface area contributed by atoms with Gasteiger partial charge in [-0.3, -0.25) is 5.73 Å². The highest BCUT2D eigenvalue weighted by Gasteiger charge is 2.31. The highest BCUT2D eigenvalue weighted by Crippen LogP contribution is 2.20. The Morgan fingerprint density at radius 2 is 2.12 bits per heavy atom. The number of nitrogens with one attached hydrogen (secondary N) is 1. The van der Waals surface area contributed by atoms with Crippen molar-refractivity contribution >= 4 is 16.9 Å². The summed E-state index contributed by atoms with van der Waals surface area (Å²) in [7, 11) is 0. The minimum Gasteiger partial charge on any atom is -0.478 e. The van der Waals surface area contributed by atoms with Gasteiger partial charge in [-0.05, 0) is 11.6 Å². The minimum absolute atomic E-state index is 0.133. The van der Waals surface area contributed by atoms with E-state index in [1.165, 1.54) is 0 Å². The van der Waals surface area contributed by atoms with Gasteiger partial charge in [-0.15, -0.1) is 0 Å². The Balaban J connectivity index is 2.38. The second-order valence-corrected chi connectivity index (χ2v) is 3.77. The molecule has 0 unspecified atom stereocenters. The van der Waals surface area contributed by atoms with E-state index in [1.54, 1.807) is 6.20 Å². The summed E-state index contributed by atoms with van der Waals surface area (Å²) in [6.45, 7) is 0. The van der Waals surface area contributed by atoms with Gasteiger partial charge in [0.2, 0.25) is 5.72 Å². The van der Waals surface area contributed by atoms with Crippen molar-refractivity contribution < 1.29 is 15.0 Å². The number of rotatable bonds is 3. The molecule has 2 aromatic rings. The van der Waals surface area contributed by atoms with Crippen molar-refractivity contribution in [1.29, 1.82) is 0 Å². The molecule has 2 rings (SSSR count). The van der Waals surface area contributed by atoms with Crippen LogP contribution >= 0.6 is 0 Å². The van der Waals surface area contributed by atoms with Crippen LogP contribution in [0.1, 0.15) is 5.56 Å². The summed E-state index contributed by atoms with van der Waals surface area (Å²) in [6, 6.07) is 7.43. The van der Waals surface area contributed by atoms with Crippen LogP contribution < -0.4 is 5.73 Å². The number of carbonyl (C=O) groups is 1.